The Bertz CT molecular complexity index is 511. The van der Waals surface area contributed by atoms with Crippen LogP contribution in [-0.4, -0.2) is 32.0 Å². The molecule has 0 heterocycles. The standard InChI is InChI=1S/C11H14F3NO2S/c1-3-15(8-11(12,13)14)18(16,17)10-7-5-4-6-9(10)2/h4-7H,3,8H2,1-2H3. The van der Waals surface area contributed by atoms with Crippen molar-refractivity contribution in [1.82, 2.24) is 4.31 Å². The summed E-state index contributed by atoms with van der Waals surface area (Å²) in [5.41, 5.74) is 0.429. The van der Waals surface area contributed by atoms with Crippen molar-refractivity contribution in [1.29, 1.82) is 0 Å². The van der Waals surface area contributed by atoms with Gasteiger partial charge in [-0.05, 0) is 18.6 Å². The molecule has 0 saturated heterocycles. The van der Waals surface area contributed by atoms with E-state index in [0.717, 1.165) is 0 Å². The lowest BCUT2D eigenvalue weighted by molar-refractivity contribution is -0.135. The number of benzene rings is 1. The molecule has 1 aromatic carbocycles. The van der Waals surface area contributed by atoms with Gasteiger partial charge in [-0.15, -0.1) is 0 Å². The molecule has 3 nitrogen and oxygen atoms in total. The summed E-state index contributed by atoms with van der Waals surface area (Å²) in [5, 5.41) is 0. The normalized spacial score (nSPS) is 13.0. The molecule has 7 heteroatoms. The summed E-state index contributed by atoms with van der Waals surface area (Å²) in [7, 11) is -4.10. The summed E-state index contributed by atoms with van der Waals surface area (Å²) in [5.74, 6) is 0. The quantitative estimate of drug-likeness (QED) is 0.850. The zero-order valence-corrected chi connectivity index (χ0v) is 10.8. The van der Waals surface area contributed by atoms with Gasteiger partial charge in [0.15, 0.2) is 0 Å². The zero-order valence-electron chi connectivity index (χ0n) is 10.0. The summed E-state index contributed by atoms with van der Waals surface area (Å²) < 4.78 is 61.6. The molecule has 0 radical (unpaired) electrons. The number of sulfonamides is 1. The van der Waals surface area contributed by atoms with Crippen molar-refractivity contribution in [2.45, 2.75) is 24.9 Å². The van der Waals surface area contributed by atoms with Crippen molar-refractivity contribution >= 4 is 10.0 Å². The highest BCUT2D eigenvalue weighted by Crippen LogP contribution is 2.24. The van der Waals surface area contributed by atoms with Gasteiger partial charge in [-0.3, -0.25) is 0 Å². The molecule has 102 valence electrons. The maximum absolute atomic E-state index is 12.3. The first-order valence-electron chi connectivity index (χ1n) is 5.31. The second kappa shape index (κ2) is 5.27. The molecule has 0 aliphatic heterocycles. The molecule has 0 atom stereocenters. The predicted octanol–water partition coefficient (Wildman–Crippen LogP) is 2.57. The molecule has 0 aliphatic carbocycles. The van der Waals surface area contributed by atoms with Crippen LogP contribution in [0.3, 0.4) is 0 Å². The van der Waals surface area contributed by atoms with Gasteiger partial charge in [0.05, 0.1) is 4.90 Å². The molecule has 0 saturated carbocycles. The molecule has 0 aliphatic rings. The molecule has 1 aromatic rings. The maximum atomic E-state index is 12.3. The third-order valence-electron chi connectivity index (χ3n) is 2.42. The van der Waals surface area contributed by atoms with Crippen molar-refractivity contribution in [2.24, 2.45) is 0 Å². The Kier molecular flexibility index (Phi) is 4.39. The minimum absolute atomic E-state index is 0.0869. The molecule has 1 rings (SSSR count). The lowest BCUT2D eigenvalue weighted by Gasteiger charge is -2.22. The monoisotopic (exact) mass is 281 g/mol. The largest absolute Gasteiger partial charge is 0.402 e. The number of alkyl halides is 3. The molecule has 18 heavy (non-hydrogen) atoms. The zero-order chi connectivity index (χ0) is 14.0. The summed E-state index contributed by atoms with van der Waals surface area (Å²) in [6.45, 7) is 1.23. The Morgan fingerprint density at radius 1 is 1.22 bits per heavy atom. The summed E-state index contributed by atoms with van der Waals surface area (Å²) in [4.78, 5) is -0.0869. The number of hydrogen-bond donors (Lipinski definition) is 0. The average Bonchev–Trinajstić information content (AvgIpc) is 2.24. The Balaban J connectivity index is 3.16. The van der Waals surface area contributed by atoms with Gasteiger partial charge in [0, 0.05) is 6.54 Å². The van der Waals surface area contributed by atoms with E-state index >= 15 is 0 Å². The van der Waals surface area contributed by atoms with Gasteiger partial charge in [0.2, 0.25) is 10.0 Å². The second-order valence-electron chi connectivity index (χ2n) is 3.81. The molecule has 0 bridgehead atoms. The fourth-order valence-electron chi connectivity index (χ4n) is 1.55. The third-order valence-corrected chi connectivity index (χ3v) is 4.50. The van der Waals surface area contributed by atoms with Crippen LogP contribution >= 0.6 is 0 Å². The van der Waals surface area contributed by atoms with Gasteiger partial charge in [0.1, 0.15) is 6.54 Å². The van der Waals surface area contributed by atoms with Crippen LogP contribution in [0, 0.1) is 6.92 Å². The van der Waals surface area contributed by atoms with Gasteiger partial charge < -0.3 is 0 Å². The minimum atomic E-state index is -4.55. The first kappa shape index (κ1) is 15.0. The van der Waals surface area contributed by atoms with Crippen molar-refractivity contribution < 1.29 is 21.6 Å². The number of rotatable bonds is 4. The smallest absolute Gasteiger partial charge is 0.207 e. The van der Waals surface area contributed by atoms with E-state index in [1.807, 2.05) is 0 Å². The number of halogens is 3. The van der Waals surface area contributed by atoms with E-state index in [9.17, 15) is 21.6 Å². The maximum Gasteiger partial charge on any atom is 0.402 e. The van der Waals surface area contributed by atoms with Gasteiger partial charge in [0.25, 0.3) is 0 Å². The lowest BCUT2D eigenvalue weighted by Crippen LogP contribution is -2.39. The van der Waals surface area contributed by atoms with Crippen molar-refractivity contribution in [3.05, 3.63) is 29.8 Å². The molecule has 0 amide bonds. The molecule has 0 fully saturated rings. The second-order valence-corrected chi connectivity index (χ2v) is 5.72. The van der Waals surface area contributed by atoms with Gasteiger partial charge in [-0.2, -0.15) is 17.5 Å². The predicted molar refractivity (Wildman–Crippen MR) is 61.7 cm³/mol. The highest BCUT2D eigenvalue weighted by atomic mass is 32.2. The van der Waals surface area contributed by atoms with E-state index in [0.29, 0.717) is 9.87 Å². The first-order valence-corrected chi connectivity index (χ1v) is 6.75. The van der Waals surface area contributed by atoms with Gasteiger partial charge >= 0.3 is 6.18 Å². The summed E-state index contributed by atoms with van der Waals surface area (Å²) in [6, 6.07) is 5.98. The van der Waals surface area contributed by atoms with Crippen molar-refractivity contribution in [2.75, 3.05) is 13.1 Å². The lowest BCUT2D eigenvalue weighted by atomic mass is 10.2. The Hall–Kier alpha value is -1.08. The van der Waals surface area contributed by atoms with Crippen LogP contribution in [0.1, 0.15) is 12.5 Å². The SMILES string of the molecule is CCN(CC(F)(F)F)S(=O)(=O)c1ccccc1C. The van der Waals surface area contributed by atoms with Crippen LogP contribution < -0.4 is 0 Å². The van der Waals surface area contributed by atoms with E-state index in [-0.39, 0.29) is 11.4 Å². The average molecular weight is 281 g/mol. The van der Waals surface area contributed by atoms with E-state index in [1.165, 1.54) is 19.1 Å². The number of hydrogen-bond acceptors (Lipinski definition) is 2. The molecule has 0 spiro atoms. The Morgan fingerprint density at radius 2 is 1.78 bits per heavy atom. The Labute approximate surface area is 104 Å². The van der Waals surface area contributed by atoms with E-state index in [1.54, 1.807) is 19.1 Å². The van der Waals surface area contributed by atoms with Crippen LogP contribution in [0.15, 0.2) is 29.2 Å². The van der Waals surface area contributed by atoms with E-state index in [2.05, 4.69) is 0 Å². The minimum Gasteiger partial charge on any atom is -0.207 e. The molecule has 0 N–H and O–H groups in total. The molecular formula is C11H14F3NO2S. The Morgan fingerprint density at radius 3 is 2.22 bits per heavy atom. The van der Waals surface area contributed by atoms with Crippen LogP contribution in [0.2, 0.25) is 0 Å². The van der Waals surface area contributed by atoms with Gasteiger partial charge in [-0.1, -0.05) is 25.1 Å². The fraction of sp³-hybridized carbons (Fsp3) is 0.455. The number of aryl methyl sites for hydroxylation is 1. The van der Waals surface area contributed by atoms with Crippen LogP contribution in [-0.2, 0) is 10.0 Å². The van der Waals surface area contributed by atoms with E-state index in [4.69, 9.17) is 0 Å². The highest BCUT2D eigenvalue weighted by Gasteiger charge is 2.36. The summed E-state index contributed by atoms with van der Waals surface area (Å²) >= 11 is 0. The van der Waals surface area contributed by atoms with E-state index < -0.39 is 22.7 Å². The fourth-order valence-corrected chi connectivity index (χ4v) is 3.21. The first-order chi connectivity index (χ1) is 8.18. The highest BCUT2D eigenvalue weighted by molar-refractivity contribution is 7.89. The topological polar surface area (TPSA) is 37.4 Å². The van der Waals surface area contributed by atoms with Crippen molar-refractivity contribution in [3.63, 3.8) is 0 Å². The molecule has 0 unspecified atom stereocenters. The van der Waals surface area contributed by atoms with Crippen LogP contribution in [0.4, 0.5) is 13.2 Å². The molecular weight excluding hydrogens is 267 g/mol. The molecule has 0 aromatic heterocycles. The summed E-state index contributed by atoms with van der Waals surface area (Å²) in [6.07, 6.45) is -4.55. The van der Waals surface area contributed by atoms with Gasteiger partial charge in [-0.25, -0.2) is 8.42 Å². The van der Waals surface area contributed by atoms with Crippen LogP contribution in [0.5, 0.6) is 0 Å². The van der Waals surface area contributed by atoms with Crippen molar-refractivity contribution in [3.8, 4) is 0 Å². The number of nitrogens with zero attached hydrogens (tertiary/aromatic N) is 1. The van der Waals surface area contributed by atoms with Crippen LogP contribution in [0.25, 0.3) is 0 Å². The third kappa shape index (κ3) is 3.46.